The lowest BCUT2D eigenvalue weighted by Gasteiger charge is -2.03. The first-order valence-electron chi connectivity index (χ1n) is 4.62. The van der Waals surface area contributed by atoms with Gasteiger partial charge in [-0.2, -0.15) is 10.4 Å². The van der Waals surface area contributed by atoms with Crippen LogP contribution in [-0.2, 0) is 0 Å². The van der Waals surface area contributed by atoms with E-state index in [0.717, 1.165) is 0 Å². The fraction of sp³-hybridized carbons (Fsp3) is 0.0909. The lowest BCUT2D eigenvalue weighted by atomic mass is 10.1. The number of nitrogens with zero attached hydrogens (tertiary/aromatic N) is 4. The van der Waals surface area contributed by atoms with Crippen molar-refractivity contribution in [3.8, 4) is 11.8 Å². The highest BCUT2D eigenvalue weighted by Crippen LogP contribution is 2.14. The van der Waals surface area contributed by atoms with Gasteiger partial charge in [0, 0.05) is 5.56 Å². The molecule has 5 nitrogen and oxygen atoms in total. The maximum absolute atomic E-state index is 10.6. The topological polar surface area (TPSA) is 71.6 Å². The minimum Gasteiger partial charge on any atom is -0.298 e. The average Bonchev–Trinajstić information content (AvgIpc) is 2.74. The molecule has 78 valence electrons. The first-order valence-corrected chi connectivity index (χ1v) is 4.62. The predicted molar refractivity (Wildman–Crippen MR) is 56.2 cm³/mol. The lowest BCUT2D eigenvalue weighted by molar-refractivity contribution is 0.112. The van der Waals surface area contributed by atoms with Gasteiger partial charge in [0.2, 0.25) is 0 Å². The van der Waals surface area contributed by atoms with Crippen LogP contribution in [0.15, 0.2) is 24.5 Å². The number of carbonyl (C=O) groups excluding carboxylic acids is 1. The molecule has 1 heterocycles. The third kappa shape index (κ3) is 1.68. The zero-order valence-corrected chi connectivity index (χ0v) is 8.58. The molecule has 1 aromatic carbocycles. The van der Waals surface area contributed by atoms with E-state index in [1.54, 1.807) is 19.1 Å². The SMILES string of the molecule is Cc1ncn(-c2ccc(C=O)cc2C#N)n1. The first-order chi connectivity index (χ1) is 7.74. The summed E-state index contributed by atoms with van der Waals surface area (Å²) in [6.45, 7) is 1.77. The number of aldehydes is 1. The largest absolute Gasteiger partial charge is 0.298 e. The molecule has 2 rings (SSSR count). The molecule has 0 aliphatic carbocycles. The van der Waals surface area contributed by atoms with Gasteiger partial charge in [-0.25, -0.2) is 9.67 Å². The Morgan fingerprint density at radius 2 is 2.31 bits per heavy atom. The Hall–Kier alpha value is -2.48. The molecule has 0 saturated carbocycles. The van der Waals surface area contributed by atoms with Gasteiger partial charge < -0.3 is 0 Å². The van der Waals surface area contributed by atoms with E-state index in [0.29, 0.717) is 28.9 Å². The van der Waals surface area contributed by atoms with Crippen molar-refractivity contribution in [2.75, 3.05) is 0 Å². The summed E-state index contributed by atoms with van der Waals surface area (Å²) in [6, 6.07) is 6.87. The second-order valence-corrected chi connectivity index (χ2v) is 3.24. The highest BCUT2D eigenvalue weighted by atomic mass is 16.1. The second-order valence-electron chi connectivity index (χ2n) is 3.24. The molecule has 0 N–H and O–H groups in total. The van der Waals surface area contributed by atoms with Gasteiger partial charge in [-0.05, 0) is 25.1 Å². The van der Waals surface area contributed by atoms with Gasteiger partial charge in [0.1, 0.15) is 24.5 Å². The standard InChI is InChI=1S/C11H8N4O/c1-8-13-7-15(14-8)11-3-2-9(6-16)4-10(11)5-12/h2-4,6-7H,1H3. The zero-order chi connectivity index (χ0) is 11.5. The summed E-state index contributed by atoms with van der Waals surface area (Å²) in [5.41, 5.74) is 1.49. The van der Waals surface area contributed by atoms with Crippen molar-refractivity contribution in [1.29, 1.82) is 5.26 Å². The molecule has 0 aliphatic heterocycles. The number of carbonyl (C=O) groups is 1. The molecule has 16 heavy (non-hydrogen) atoms. The van der Waals surface area contributed by atoms with E-state index in [4.69, 9.17) is 5.26 Å². The van der Waals surface area contributed by atoms with E-state index in [2.05, 4.69) is 10.1 Å². The van der Waals surface area contributed by atoms with Gasteiger partial charge in [-0.1, -0.05) is 0 Å². The summed E-state index contributed by atoms with van der Waals surface area (Å²) in [6.07, 6.45) is 2.24. The van der Waals surface area contributed by atoms with Crippen LogP contribution in [0.3, 0.4) is 0 Å². The van der Waals surface area contributed by atoms with Crippen molar-refractivity contribution in [2.45, 2.75) is 6.92 Å². The van der Waals surface area contributed by atoms with Gasteiger partial charge in [-0.3, -0.25) is 4.79 Å². The zero-order valence-electron chi connectivity index (χ0n) is 8.58. The summed E-state index contributed by atoms with van der Waals surface area (Å²) in [5.74, 6) is 0.628. The van der Waals surface area contributed by atoms with Crippen LogP contribution in [0.25, 0.3) is 5.69 Å². The molecule has 0 bridgehead atoms. The maximum Gasteiger partial charge on any atom is 0.150 e. The van der Waals surface area contributed by atoms with Gasteiger partial charge in [0.05, 0.1) is 11.3 Å². The Morgan fingerprint density at radius 1 is 1.50 bits per heavy atom. The Labute approximate surface area is 92.0 Å². The summed E-state index contributed by atoms with van der Waals surface area (Å²) >= 11 is 0. The van der Waals surface area contributed by atoms with E-state index in [1.165, 1.54) is 17.1 Å². The van der Waals surface area contributed by atoms with Crippen LogP contribution in [0.2, 0.25) is 0 Å². The van der Waals surface area contributed by atoms with E-state index >= 15 is 0 Å². The van der Waals surface area contributed by atoms with Crippen molar-refractivity contribution in [3.63, 3.8) is 0 Å². The lowest BCUT2D eigenvalue weighted by Crippen LogP contribution is -1.99. The summed E-state index contributed by atoms with van der Waals surface area (Å²) in [7, 11) is 0. The van der Waals surface area contributed by atoms with Gasteiger partial charge >= 0.3 is 0 Å². The number of hydrogen-bond donors (Lipinski definition) is 0. The third-order valence-electron chi connectivity index (χ3n) is 2.13. The number of aromatic nitrogens is 3. The van der Waals surface area contributed by atoms with Crippen LogP contribution in [0.5, 0.6) is 0 Å². The van der Waals surface area contributed by atoms with E-state index in [-0.39, 0.29) is 0 Å². The van der Waals surface area contributed by atoms with E-state index in [1.807, 2.05) is 6.07 Å². The molecular formula is C11H8N4O. The predicted octanol–water partition coefficient (Wildman–Crippen LogP) is 1.26. The molecule has 0 spiro atoms. The molecule has 0 unspecified atom stereocenters. The highest BCUT2D eigenvalue weighted by Gasteiger charge is 2.06. The monoisotopic (exact) mass is 212 g/mol. The van der Waals surface area contributed by atoms with Crippen LogP contribution >= 0.6 is 0 Å². The number of benzene rings is 1. The second kappa shape index (κ2) is 3.95. The van der Waals surface area contributed by atoms with Crippen LogP contribution in [0.1, 0.15) is 21.7 Å². The molecule has 0 saturated heterocycles. The van der Waals surface area contributed by atoms with Crippen molar-refractivity contribution >= 4 is 6.29 Å². The molecule has 1 aromatic heterocycles. The molecule has 0 amide bonds. The van der Waals surface area contributed by atoms with Gasteiger partial charge in [0.25, 0.3) is 0 Å². The van der Waals surface area contributed by atoms with Crippen LogP contribution < -0.4 is 0 Å². The molecular weight excluding hydrogens is 204 g/mol. The van der Waals surface area contributed by atoms with E-state index < -0.39 is 0 Å². The third-order valence-corrected chi connectivity index (χ3v) is 2.13. The first kappa shape index (κ1) is 10.1. The Kier molecular flexibility index (Phi) is 2.48. The Bertz CT molecular complexity index is 580. The molecule has 5 heteroatoms. The minimum atomic E-state index is 0.398. The number of aryl methyl sites for hydroxylation is 1. The fourth-order valence-electron chi connectivity index (χ4n) is 1.38. The number of rotatable bonds is 2. The normalized spacial score (nSPS) is 9.75. The Balaban J connectivity index is 2.57. The van der Waals surface area contributed by atoms with Crippen molar-refractivity contribution < 1.29 is 4.79 Å². The molecule has 0 atom stereocenters. The Morgan fingerprint density at radius 3 is 2.88 bits per heavy atom. The summed E-state index contributed by atoms with van der Waals surface area (Å²) < 4.78 is 1.52. The van der Waals surface area contributed by atoms with E-state index in [9.17, 15) is 4.79 Å². The van der Waals surface area contributed by atoms with Gasteiger partial charge in [0.15, 0.2) is 0 Å². The smallest absolute Gasteiger partial charge is 0.150 e. The van der Waals surface area contributed by atoms with Crippen LogP contribution in [0, 0.1) is 18.3 Å². The molecule has 2 aromatic rings. The highest BCUT2D eigenvalue weighted by molar-refractivity contribution is 5.76. The molecule has 0 fully saturated rings. The quantitative estimate of drug-likeness (QED) is 0.702. The average molecular weight is 212 g/mol. The van der Waals surface area contributed by atoms with Crippen LogP contribution in [-0.4, -0.2) is 21.1 Å². The summed E-state index contributed by atoms with van der Waals surface area (Å²) in [5, 5.41) is 13.1. The van der Waals surface area contributed by atoms with Crippen LogP contribution in [0.4, 0.5) is 0 Å². The van der Waals surface area contributed by atoms with Crippen molar-refractivity contribution in [3.05, 3.63) is 41.5 Å². The van der Waals surface area contributed by atoms with Crippen molar-refractivity contribution in [1.82, 2.24) is 14.8 Å². The summed E-state index contributed by atoms with van der Waals surface area (Å²) in [4.78, 5) is 14.6. The number of hydrogen-bond acceptors (Lipinski definition) is 4. The maximum atomic E-state index is 10.6. The molecule has 0 aliphatic rings. The number of nitriles is 1. The minimum absolute atomic E-state index is 0.398. The fourth-order valence-corrected chi connectivity index (χ4v) is 1.38. The van der Waals surface area contributed by atoms with Gasteiger partial charge in [-0.15, -0.1) is 0 Å². The van der Waals surface area contributed by atoms with Crippen molar-refractivity contribution in [2.24, 2.45) is 0 Å². The molecule has 0 radical (unpaired) electrons.